The summed E-state index contributed by atoms with van der Waals surface area (Å²) >= 11 is 0. The van der Waals surface area contributed by atoms with E-state index in [0.717, 1.165) is 6.04 Å². The lowest BCUT2D eigenvalue weighted by molar-refractivity contribution is 0.237. The minimum atomic E-state index is 0.692. The monoisotopic (exact) mass is 226 g/mol. The molecule has 0 saturated heterocycles. The lowest BCUT2D eigenvalue weighted by Gasteiger charge is -2.24. The third kappa shape index (κ3) is 5.31. The molecule has 1 aliphatic carbocycles. The van der Waals surface area contributed by atoms with Crippen LogP contribution in [0.1, 0.15) is 58.8 Å². The summed E-state index contributed by atoms with van der Waals surface area (Å²) in [5, 5.41) is 3.56. The number of rotatable bonds is 8. The van der Waals surface area contributed by atoms with Gasteiger partial charge in [-0.05, 0) is 59.2 Å². The van der Waals surface area contributed by atoms with E-state index < -0.39 is 0 Å². The number of nitrogens with one attached hydrogen (secondary N) is 1. The Morgan fingerprint density at radius 2 is 2.00 bits per heavy atom. The van der Waals surface area contributed by atoms with Crippen LogP contribution in [0.25, 0.3) is 0 Å². The largest absolute Gasteiger partial charge is 0.314 e. The molecule has 0 aromatic heterocycles. The topological polar surface area (TPSA) is 15.3 Å². The molecule has 2 heteroatoms. The molecule has 1 unspecified atom stereocenters. The number of nitrogens with zero attached hydrogens (tertiary/aromatic N) is 1. The molecule has 0 aromatic rings. The van der Waals surface area contributed by atoms with Crippen molar-refractivity contribution >= 4 is 0 Å². The van der Waals surface area contributed by atoms with Crippen LogP contribution in [0.15, 0.2) is 0 Å². The fraction of sp³-hybridized carbons (Fsp3) is 1.00. The van der Waals surface area contributed by atoms with E-state index in [0.29, 0.717) is 6.04 Å². The zero-order valence-electron chi connectivity index (χ0n) is 11.5. The van der Waals surface area contributed by atoms with Crippen molar-refractivity contribution < 1.29 is 0 Å². The molecular formula is C14H30N2. The van der Waals surface area contributed by atoms with Crippen LogP contribution >= 0.6 is 0 Å². The maximum Gasteiger partial charge on any atom is 0.00922 e. The van der Waals surface area contributed by atoms with Gasteiger partial charge in [0.1, 0.15) is 0 Å². The normalized spacial score (nSPS) is 19.5. The van der Waals surface area contributed by atoms with Crippen molar-refractivity contribution in [3.63, 3.8) is 0 Å². The third-order valence-electron chi connectivity index (χ3n) is 3.84. The zero-order valence-corrected chi connectivity index (χ0v) is 11.5. The van der Waals surface area contributed by atoms with Crippen molar-refractivity contribution in [1.82, 2.24) is 10.2 Å². The fourth-order valence-corrected chi connectivity index (χ4v) is 2.67. The van der Waals surface area contributed by atoms with Gasteiger partial charge in [-0.2, -0.15) is 0 Å². The Labute approximate surface area is 102 Å². The van der Waals surface area contributed by atoms with E-state index in [1.54, 1.807) is 0 Å². The average Bonchev–Trinajstić information content (AvgIpc) is 2.79. The van der Waals surface area contributed by atoms with E-state index in [1.807, 2.05) is 0 Å². The molecule has 0 aromatic carbocycles. The van der Waals surface area contributed by atoms with Crippen LogP contribution in [-0.2, 0) is 0 Å². The Kier molecular flexibility index (Phi) is 7.06. The molecule has 0 radical (unpaired) electrons. The number of hydrogen-bond donors (Lipinski definition) is 1. The van der Waals surface area contributed by atoms with Gasteiger partial charge in [-0.25, -0.2) is 0 Å². The highest BCUT2D eigenvalue weighted by Crippen LogP contribution is 2.22. The molecule has 0 amide bonds. The summed E-state index contributed by atoms with van der Waals surface area (Å²) in [6, 6.07) is 1.58. The fourth-order valence-electron chi connectivity index (χ4n) is 2.67. The Hall–Kier alpha value is -0.0800. The van der Waals surface area contributed by atoms with Gasteiger partial charge in [0.05, 0.1) is 0 Å². The summed E-state index contributed by atoms with van der Waals surface area (Å²) in [5.74, 6) is 0. The predicted molar refractivity (Wildman–Crippen MR) is 71.9 cm³/mol. The molecule has 1 N–H and O–H groups in total. The molecule has 16 heavy (non-hydrogen) atoms. The van der Waals surface area contributed by atoms with Crippen molar-refractivity contribution in [3.8, 4) is 0 Å². The molecule has 1 saturated carbocycles. The van der Waals surface area contributed by atoms with E-state index in [2.05, 4.69) is 31.1 Å². The minimum Gasteiger partial charge on any atom is -0.314 e. The van der Waals surface area contributed by atoms with E-state index in [9.17, 15) is 0 Å². The van der Waals surface area contributed by atoms with Crippen LogP contribution in [0.2, 0.25) is 0 Å². The van der Waals surface area contributed by atoms with Crippen molar-refractivity contribution in [2.24, 2.45) is 0 Å². The molecule has 1 atom stereocenters. The van der Waals surface area contributed by atoms with Crippen molar-refractivity contribution in [2.45, 2.75) is 70.9 Å². The molecule has 1 fully saturated rings. The second kappa shape index (κ2) is 8.08. The van der Waals surface area contributed by atoms with E-state index in [4.69, 9.17) is 0 Å². The molecule has 0 bridgehead atoms. The second-order valence-electron chi connectivity index (χ2n) is 5.42. The van der Waals surface area contributed by atoms with Gasteiger partial charge in [-0.15, -0.1) is 0 Å². The van der Waals surface area contributed by atoms with Gasteiger partial charge in [0.25, 0.3) is 0 Å². The van der Waals surface area contributed by atoms with Crippen LogP contribution in [-0.4, -0.2) is 37.1 Å². The standard InChI is InChI=1S/C14H30N2/c1-4-11-15-13(2)8-7-12-16(3)14-9-5-6-10-14/h13-15H,4-12H2,1-3H3. The molecule has 2 nitrogen and oxygen atoms in total. The van der Waals surface area contributed by atoms with Crippen LogP contribution < -0.4 is 5.32 Å². The van der Waals surface area contributed by atoms with Gasteiger partial charge in [-0.3, -0.25) is 0 Å². The van der Waals surface area contributed by atoms with Gasteiger partial charge in [0.2, 0.25) is 0 Å². The predicted octanol–water partition coefficient (Wildman–Crippen LogP) is 3.03. The lowest BCUT2D eigenvalue weighted by Crippen LogP contribution is -2.32. The average molecular weight is 226 g/mol. The van der Waals surface area contributed by atoms with Crippen LogP contribution in [0.4, 0.5) is 0 Å². The Morgan fingerprint density at radius 1 is 1.31 bits per heavy atom. The maximum absolute atomic E-state index is 3.56. The first kappa shape index (κ1) is 14.0. The summed E-state index contributed by atoms with van der Waals surface area (Å²) in [6.07, 6.45) is 9.65. The van der Waals surface area contributed by atoms with E-state index in [-0.39, 0.29) is 0 Å². The Morgan fingerprint density at radius 3 is 2.62 bits per heavy atom. The highest BCUT2D eigenvalue weighted by molar-refractivity contribution is 4.75. The molecule has 0 heterocycles. The summed E-state index contributed by atoms with van der Waals surface area (Å²) in [7, 11) is 2.31. The molecular weight excluding hydrogens is 196 g/mol. The Balaban J connectivity index is 2.00. The van der Waals surface area contributed by atoms with Crippen LogP contribution in [0.5, 0.6) is 0 Å². The van der Waals surface area contributed by atoms with Crippen molar-refractivity contribution in [3.05, 3.63) is 0 Å². The van der Waals surface area contributed by atoms with Crippen LogP contribution in [0.3, 0.4) is 0 Å². The van der Waals surface area contributed by atoms with Crippen molar-refractivity contribution in [2.75, 3.05) is 20.1 Å². The summed E-state index contributed by atoms with van der Waals surface area (Å²) in [6.45, 7) is 6.99. The van der Waals surface area contributed by atoms with Gasteiger partial charge < -0.3 is 10.2 Å². The second-order valence-corrected chi connectivity index (χ2v) is 5.42. The summed E-state index contributed by atoms with van der Waals surface area (Å²) in [5.41, 5.74) is 0. The lowest BCUT2D eigenvalue weighted by atomic mass is 10.1. The van der Waals surface area contributed by atoms with Gasteiger partial charge in [-0.1, -0.05) is 19.8 Å². The van der Waals surface area contributed by atoms with Gasteiger partial charge >= 0.3 is 0 Å². The molecule has 0 spiro atoms. The summed E-state index contributed by atoms with van der Waals surface area (Å²) in [4.78, 5) is 2.58. The molecule has 1 aliphatic rings. The maximum atomic E-state index is 3.56. The molecule has 0 aliphatic heterocycles. The van der Waals surface area contributed by atoms with Gasteiger partial charge in [0.15, 0.2) is 0 Å². The van der Waals surface area contributed by atoms with Gasteiger partial charge in [0, 0.05) is 12.1 Å². The van der Waals surface area contributed by atoms with Crippen molar-refractivity contribution in [1.29, 1.82) is 0 Å². The third-order valence-corrected chi connectivity index (χ3v) is 3.84. The van der Waals surface area contributed by atoms with E-state index in [1.165, 1.54) is 58.0 Å². The minimum absolute atomic E-state index is 0.692. The first-order valence-electron chi connectivity index (χ1n) is 7.17. The SMILES string of the molecule is CCCNC(C)CCCN(C)C1CCCC1. The first-order valence-corrected chi connectivity index (χ1v) is 7.17. The molecule has 96 valence electrons. The zero-order chi connectivity index (χ0) is 11.8. The van der Waals surface area contributed by atoms with Crippen LogP contribution in [0, 0.1) is 0 Å². The smallest absolute Gasteiger partial charge is 0.00922 e. The Bertz CT molecular complexity index is 164. The quantitative estimate of drug-likeness (QED) is 0.684. The summed E-state index contributed by atoms with van der Waals surface area (Å²) < 4.78 is 0. The number of hydrogen-bond acceptors (Lipinski definition) is 2. The highest BCUT2D eigenvalue weighted by Gasteiger charge is 2.18. The first-order chi connectivity index (χ1) is 7.74. The highest BCUT2D eigenvalue weighted by atomic mass is 15.1. The van der Waals surface area contributed by atoms with E-state index >= 15 is 0 Å². The molecule has 1 rings (SSSR count).